The Morgan fingerprint density at radius 2 is 2.05 bits per heavy atom. The van der Waals surface area contributed by atoms with Gasteiger partial charge >= 0.3 is 6.09 Å². The minimum atomic E-state index is -0.513. The molecule has 0 bridgehead atoms. The van der Waals surface area contributed by atoms with Gasteiger partial charge in [-0.2, -0.15) is 0 Å². The number of nitrogens with one attached hydrogen (secondary N) is 1. The molecule has 0 aliphatic heterocycles. The van der Waals surface area contributed by atoms with E-state index in [4.69, 9.17) is 9.84 Å². The molecule has 110 valence electrons. The van der Waals surface area contributed by atoms with E-state index in [-0.39, 0.29) is 19.3 Å². The van der Waals surface area contributed by atoms with Crippen molar-refractivity contribution >= 4 is 6.09 Å². The van der Waals surface area contributed by atoms with Crippen molar-refractivity contribution in [1.29, 1.82) is 0 Å². The van der Waals surface area contributed by atoms with Crippen LogP contribution in [0.2, 0.25) is 0 Å². The molecule has 0 saturated carbocycles. The van der Waals surface area contributed by atoms with Crippen molar-refractivity contribution in [2.75, 3.05) is 6.61 Å². The van der Waals surface area contributed by atoms with E-state index in [1.165, 1.54) is 0 Å². The summed E-state index contributed by atoms with van der Waals surface area (Å²) in [6, 6.07) is 12.8. The van der Waals surface area contributed by atoms with Gasteiger partial charge in [-0.15, -0.1) is 0 Å². The van der Waals surface area contributed by atoms with Crippen LogP contribution in [0.4, 0.5) is 4.79 Å². The Hall–Kier alpha value is -2.40. The predicted molar refractivity (Wildman–Crippen MR) is 78.4 cm³/mol. The lowest BCUT2D eigenvalue weighted by molar-refractivity contribution is 0.133. The van der Waals surface area contributed by atoms with Crippen molar-refractivity contribution in [2.45, 2.75) is 19.1 Å². The highest BCUT2D eigenvalue weighted by Crippen LogP contribution is 2.15. The van der Waals surface area contributed by atoms with E-state index in [0.29, 0.717) is 6.42 Å². The first-order valence-electron chi connectivity index (χ1n) is 6.77. The Kier molecular flexibility index (Phi) is 5.72. The van der Waals surface area contributed by atoms with Gasteiger partial charge in [0.15, 0.2) is 0 Å². The lowest BCUT2D eigenvalue weighted by Gasteiger charge is -2.17. The largest absolute Gasteiger partial charge is 0.445 e. The first-order chi connectivity index (χ1) is 10.3. The summed E-state index contributed by atoms with van der Waals surface area (Å²) in [6.07, 6.45) is 3.22. The number of nitrogens with zero attached hydrogens (tertiary/aromatic N) is 1. The van der Waals surface area contributed by atoms with Gasteiger partial charge < -0.3 is 15.2 Å². The van der Waals surface area contributed by atoms with Crippen LogP contribution < -0.4 is 5.32 Å². The lowest BCUT2D eigenvalue weighted by Crippen LogP contribution is -2.29. The fourth-order valence-electron chi connectivity index (χ4n) is 1.94. The quantitative estimate of drug-likeness (QED) is 0.855. The number of amides is 1. The maximum atomic E-state index is 11.8. The first kappa shape index (κ1) is 15.0. The van der Waals surface area contributed by atoms with Gasteiger partial charge in [0.2, 0.25) is 0 Å². The SMILES string of the molecule is O=C(N[C@H](CCO)c1cccnc1)OCc1ccccc1. The topological polar surface area (TPSA) is 71.5 Å². The van der Waals surface area contributed by atoms with Gasteiger partial charge in [-0.05, 0) is 23.6 Å². The van der Waals surface area contributed by atoms with E-state index in [0.717, 1.165) is 11.1 Å². The molecule has 0 radical (unpaired) electrons. The molecule has 5 nitrogen and oxygen atoms in total. The van der Waals surface area contributed by atoms with Gasteiger partial charge in [0.05, 0.1) is 6.04 Å². The number of aromatic nitrogens is 1. The minimum Gasteiger partial charge on any atom is -0.445 e. The van der Waals surface area contributed by atoms with Gasteiger partial charge in [-0.25, -0.2) is 4.79 Å². The maximum Gasteiger partial charge on any atom is 0.407 e. The molecule has 2 N–H and O–H groups in total. The zero-order chi connectivity index (χ0) is 14.9. The molecular weight excluding hydrogens is 268 g/mol. The summed E-state index contributed by atoms with van der Waals surface area (Å²) in [6.45, 7) is 0.185. The molecule has 0 spiro atoms. The Balaban J connectivity index is 1.89. The van der Waals surface area contributed by atoms with Crippen molar-refractivity contribution in [1.82, 2.24) is 10.3 Å². The summed E-state index contributed by atoms with van der Waals surface area (Å²) in [5.41, 5.74) is 1.76. The highest BCUT2D eigenvalue weighted by atomic mass is 16.5. The first-order valence-corrected chi connectivity index (χ1v) is 6.77. The Morgan fingerprint density at radius 3 is 2.71 bits per heavy atom. The van der Waals surface area contributed by atoms with E-state index >= 15 is 0 Å². The Morgan fingerprint density at radius 1 is 1.24 bits per heavy atom. The summed E-state index contributed by atoms with van der Waals surface area (Å²) in [5, 5.41) is 11.8. The summed E-state index contributed by atoms with van der Waals surface area (Å²) in [7, 11) is 0. The standard InChI is InChI=1S/C16H18N2O3/c19-10-8-15(14-7-4-9-17-11-14)18-16(20)21-12-13-5-2-1-3-6-13/h1-7,9,11,15,19H,8,10,12H2,(H,18,20)/t15-/m1/s1. The molecule has 5 heteroatoms. The second-order valence-corrected chi connectivity index (χ2v) is 4.56. The van der Waals surface area contributed by atoms with Crippen LogP contribution in [0, 0.1) is 0 Å². The third-order valence-electron chi connectivity index (χ3n) is 3.01. The van der Waals surface area contributed by atoms with Crippen LogP contribution in [0.1, 0.15) is 23.6 Å². The number of benzene rings is 1. The van der Waals surface area contributed by atoms with Crippen molar-refractivity contribution < 1.29 is 14.6 Å². The molecule has 1 atom stereocenters. The molecule has 0 aliphatic rings. The minimum absolute atomic E-state index is 0.0292. The molecule has 2 rings (SSSR count). The Labute approximate surface area is 123 Å². The second kappa shape index (κ2) is 8.01. The van der Waals surface area contributed by atoms with E-state index in [1.807, 2.05) is 36.4 Å². The van der Waals surface area contributed by atoms with Gasteiger partial charge in [-0.3, -0.25) is 4.98 Å². The van der Waals surface area contributed by atoms with E-state index in [1.54, 1.807) is 18.5 Å². The number of ether oxygens (including phenoxy) is 1. The molecule has 1 amide bonds. The molecule has 21 heavy (non-hydrogen) atoms. The molecule has 0 unspecified atom stereocenters. The van der Waals surface area contributed by atoms with Crippen LogP contribution in [0.5, 0.6) is 0 Å². The van der Waals surface area contributed by atoms with Crippen molar-refractivity contribution in [3.8, 4) is 0 Å². The van der Waals surface area contributed by atoms with Gasteiger partial charge in [0.1, 0.15) is 6.61 Å². The number of aliphatic hydroxyl groups excluding tert-OH is 1. The second-order valence-electron chi connectivity index (χ2n) is 4.56. The highest BCUT2D eigenvalue weighted by Gasteiger charge is 2.15. The molecule has 1 heterocycles. The lowest BCUT2D eigenvalue weighted by atomic mass is 10.1. The maximum absolute atomic E-state index is 11.8. The van der Waals surface area contributed by atoms with Crippen LogP contribution in [-0.4, -0.2) is 22.8 Å². The van der Waals surface area contributed by atoms with E-state index in [2.05, 4.69) is 10.3 Å². The third-order valence-corrected chi connectivity index (χ3v) is 3.01. The number of pyridine rings is 1. The average molecular weight is 286 g/mol. The monoisotopic (exact) mass is 286 g/mol. The van der Waals surface area contributed by atoms with Gasteiger partial charge in [0, 0.05) is 19.0 Å². The van der Waals surface area contributed by atoms with E-state index < -0.39 is 6.09 Å². The number of carbonyl (C=O) groups excluding carboxylic acids is 1. The molecule has 1 aromatic heterocycles. The number of hydrogen-bond donors (Lipinski definition) is 2. The fourth-order valence-corrected chi connectivity index (χ4v) is 1.94. The summed E-state index contributed by atoms with van der Waals surface area (Å²) >= 11 is 0. The molecule has 1 aromatic carbocycles. The van der Waals surface area contributed by atoms with Crippen molar-refractivity contribution in [3.63, 3.8) is 0 Å². The van der Waals surface area contributed by atoms with Crippen LogP contribution >= 0.6 is 0 Å². The fraction of sp³-hybridized carbons (Fsp3) is 0.250. The zero-order valence-electron chi connectivity index (χ0n) is 11.6. The molecule has 0 aliphatic carbocycles. The molecule has 2 aromatic rings. The molecule has 0 fully saturated rings. The number of carbonyl (C=O) groups is 1. The van der Waals surface area contributed by atoms with E-state index in [9.17, 15) is 4.79 Å². The normalized spacial score (nSPS) is 11.7. The van der Waals surface area contributed by atoms with Crippen LogP contribution in [0.3, 0.4) is 0 Å². The number of alkyl carbamates (subject to hydrolysis) is 1. The van der Waals surface area contributed by atoms with Crippen LogP contribution in [-0.2, 0) is 11.3 Å². The predicted octanol–water partition coefficient (Wildman–Crippen LogP) is 2.43. The van der Waals surface area contributed by atoms with Crippen molar-refractivity contribution in [2.24, 2.45) is 0 Å². The van der Waals surface area contributed by atoms with Crippen LogP contribution in [0.15, 0.2) is 54.9 Å². The smallest absolute Gasteiger partial charge is 0.407 e. The summed E-state index contributed by atoms with van der Waals surface area (Å²) in [5.74, 6) is 0. The van der Waals surface area contributed by atoms with Crippen molar-refractivity contribution in [3.05, 3.63) is 66.0 Å². The molecule has 0 saturated heterocycles. The van der Waals surface area contributed by atoms with Gasteiger partial charge in [-0.1, -0.05) is 36.4 Å². The third kappa shape index (κ3) is 4.89. The summed E-state index contributed by atoms with van der Waals surface area (Å²) < 4.78 is 5.17. The number of rotatable bonds is 6. The van der Waals surface area contributed by atoms with Crippen LogP contribution in [0.25, 0.3) is 0 Å². The number of hydrogen-bond acceptors (Lipinski definition) is 4. The zero-order valence-corrected chi connectivity index (χ0v) is 11.6. The van der Waals surface area contributed by atoms with Gasteiger partial charge in [0.25, 0.3) is 0 Å². The Bertz CT molecular complexity index is 546. The molecular formula is C16H18N2O3. The number of aliphatic hydroxyl groups is 1. The summed E-state index contributed by atoms with van der Waals surface area (Å²) in [4.78, 5) is 15.9. The average Bonchev–Trinajstić information content (AvgIpc) is 2.54. The highest BCUT2D eigenvalue weighted by molar-refractivity contribution is 5.67.